The summed E-state index contributed by atoms with van der Waals surface area (Å²) in [6.07, 6.45) is 5.27. The van der Waals surface area contributed by atoms with Crippen LogP contribution >= 0.6 is 0 Å². The SMILES string of the molecule is CC(C)N=C1NC(=O)C2(CCCC(C(C)(C)C)CC2)N1. The van der Waals surface area contributed by atoms with Gasteiger partial charge in [0.2, 0.25) is 0 Å². The summed E-state index contributed by atoms with van der Waals surface area (Å²) in [7, 11) is 0. The van der Waals surface area contributed by atoms with Crippen molar-refractivity contribution in [2.24, 2.45) is 16.3 Å². The van der Waals surface area contributed by atoms with Gasteiger partial charge in [0.05, 0.1) is 0 Å². The fraction of sp³-hybridized carbons (Fsp3) is 0.875. The Balaban J connectivity index is 2.11. The average Bonchev–Trinajstić information content (AvgIpc) is 2.47. The lowest BCUT2D eigenvalue weighted by Crippen LogP contribution is -2.46. The molecule has 4 nitrogen and oxygen atoms in total. The number of carbonyl (C=O) groups is 1. The molecule has 2 N–H and O–H groups in total. The zero-order valence-corrected chi connectivity index (χ0v) is 13.5. The highest BCUT2D eigenvalue weighted by Gasteiger charge is 2.46. The molecular formula is C16H29N3O. The number of nitrogens with one attached hydrogen (secondary N) is 2. The summed E-state index contributed by atoms with van der Waals surface area (Å²) >= 11 is 0. The summed E-state index contributed by atoms with van der Waals surface area (Å²) in [6.45, 7) is 11.0. The quantitative estimate of drug-likeness (QED) is 0.775. The molecule has 20 heavy (non-hydrogen) atoms. The van der Waals surface area contributed by atoms with Crippen molar-refractivity contribution in [2.75, 3.05) is 0 Å². The lowest BCUT2D eigenvalue weighted by molar-refractivity contribution is -0.124. The molecule has 1 aliphatic heterocycles. The van der Waals surface area contributed by atoms with E-state index in [1.807, 2.05) is 13.8 Å². The van der Waals surface area contributed by atoms with Crippen molar-refractivity contribution in [1.29, 1.82) is 0 Å². The maximum Gasteiger partial charge on any atom is 0.252 e. The Labute approximate surface area is 122 Å². The van der Waals surface area contributed by atoms with Crippen LogP contribution in [0.5, 0.6) is 0 Å². The number of rotatable bonds is 1. The van der Waals surface area contributed by atoms with Crippen LogP contribution in [0.1, 0.15) is 66.7 Å². The topological polar surface area (TPSA) is 53.5 Å². The zero-order valence-electron chi connectivity index (χ0n) is 13.5. The zero-order chi connectivity index (χ0) is 15.0. The number of hydrogen-bond donors (Lipinski definition) is 2. The van der Waals surface area contributed by atoms with E-state index in [2.05, 4.69) is 36.4 Å². The van der Waals surface area contributed by atoms with Crippen molar-refractivity contribution in [2.45, 2.75) is 78.3 Å². The van der Waals surface area contributed by atoms with E-state index in [0.29, 0.717) is 17.3 Å². The molecule has 0 bridgehead atoms. The first-order valence-corrected chi connectivity index (χ1v) is 7.90. The Morgan fingerprint density at radius 2 is 1.95 bits per heavy atom. The van der Waals surface area contributed by atoms with Crippen LogP contribution in [0.2, 0.25) is 0 Å². The predicted molar refractivity (Wildman–Crippen MR) is 82.6 cm³/mol. The highest BCUT2D eigenvalue weighted by Crippen LogP contribution is 2.40. The van der Waals surface area contributed by atoms with Crippen molar-refractivity contribution in [3.63, 3.8) is 0 Å². The fourth-order valence-electron chi connectivity index (χ4n) is 3.42. The molecule has 2 atom stereocenters. The molecule has 0 radical (unpaired) electrons. The van der Waals surface area contributed by atoms with Crippen LogP contribution < -0.4 is 10.6 Å². The molecular weight excluding hydrogens is 250 g/mol. The van der Waals surface area contributed by atoms with Crippen LogP contribution in [0.25, 0.3) is 0 Å². The smallest absolute Gasteiger partial charge is 0.252 e. The van der Waals surface area contributed by atoms with E-state index < -0.39 is 5.54 Å². The highest BCUT2D eigenvalue weighted by molar-refractivity contribution is 6.09. The Morgan fingerprint density at radius 3 is 2.55 bits per heavy atom. The summed E-state index contributed by atoms with van der Waals surface area (Å²) in [5.41, 5.74) is -0.0802. The number of nitrogens with zero attached hydrogens (tertiary/aromatic N) is 1. The van der Waals surface area contributed by atoms with Crippen LogP contribution in [-0.2, 0) is 4.79 Å². The predicted octanol–water partition coefficient (Wildman–Crippen LogP) is 2.84. The largest absolute Gasteiger partial charge is 0.342 e. The Morgan fingerprint density at radius 1 is 1.25 bits per heavy atom. The first-order chi connectivity index (χ1) is 9.23. The van der Waals surface area contributed by atoms with Crippen LogP contribution in [0.15, 0.2) is 4.99 Å². The highest BCUT2D eigenvalue weighted by atomic mass is 16.2. The average molecular weight is 279 g/mol. The van der Waals surface area contributed by atoms with Gasteiger partial charge in [0.25, 0.3) is 5.91 Å². The summed E-state index contributed by atoms with van der Waals surface area (Å²) in [5, 5.41) is 6.32. The monoisotopic (exact) mass is 279 g/mol. The molecule has 114 valence electrons. The second kappa shape index (κ2) is 5.38. The van der Waals surface area contributed by atoms with E-state index >= 15 is 0 Å². The third-order valence-electron chi connectivity index (χ3n) is 4.71. The van der Waals surface area contributed by atoms with Gasteiger partial charge in [-0.3, -0.25) is 15.1 Å². The van der Waals surface area contributed by atoms with Gasteiger partial charge >= 0.3 is 0 Å². The van der Waals surface area contributed by atoms with Crippen molar-refractivity contribution in [3.05, 3.63) is 0 Å². The second-order valence-electron chi connectivity index (χ2n) is 7.73. The number of hydrogen-bond acceptors (Lipinski definition) is 2. The molecule has 2 rings (SSSR count). The molecule has 2 unspecified atom stereocenters. The third-order valence-corrected chi connectivity index (χ3v) is 4.71. The van der Waals surface area contributed by atoms with Gasteiger partial charge in [-0.25, -0.2) is 0 Å². The number of amides is 1. The molecule has 2 fully saturated rings. The van der Waals surface area contributed by atoms with Crippen molar-refractivity contribution in [1.82, 2.24) is 10.6 Å². The van der Waals surface area contributed by atoms with E-state index in [1.165, 1.54) is 6.42 Å². The lowest BCUT2D eigenvalue weighted by atomic mass is 9.76. The van der Waals surface area contributed by atoms with Gasteiger partial charge in [-0.2, -0.15) is 0 Å². The molecule has 4 heteroatoms. The Bertz CT molecular complexity index is 408. The minimum Gasteiger partial charge on any atom is -0.342 e. The second-order valence-corrected chi connectivity index (χ2v) is 7.73. The van der Waals surface area contributed by atoms with Gasteiger partial charge in [-0.05, 0) is 50.9 Å². The van der Waals surface area contributed by atoms with E-state index in [0.717, 1.165) is 25.7 Å². The Hall–Kier alpha value is -1.06. The minimum absolute atomic E-state index is 0.117. The number of aliphatic imine (C=N–C) groups is 1. The van der Waals surface area contributed by atoms with Gasteiger partial charge in [0, 0.05) is 6.04 Å². The molecule has 0 aromatic rings. The Kier molecular flexibility index (Phi) is 4.12. The normalized spacial score (nSPS) is 33.4. The molecule has 0 aromatic carbocycles. The lowest BCUT2D eigenvalue weighted by Gasteiger charge is -2.30. The number of guanidine groups is 1. The minimum atomic E-state index is -0.409. The van der Waals surface area contributed by atoms with E-state index in [4.69, 9.17) is 0 Å². The van der Waals surface area contributed by atoms with Crippen LogP contribution in [0, 0.1) is 11.3 Å². The molecule has 1 amide bonds. The van der Waals surface area contributed by atoms with Crippen LogP contribution in [0.3, 0.4) is 0 Å². The van der Waals surface area contributed by atoms with Gasteiger partial charge in [-0.1, -0.05) is 27.2 Å². The summed E-state index contributed by atoms with van der Waals surface area (Å²) in [4.78, 5) is 16.8. The molecule has 0 aromatic heterocycles. The summed E-state index contributed by atoms with van der Waals surface area (Å²) in [5.74, 6) is 1.48. The van der Waals surface area contributed by atoms with E-state index in [9.17, 15) is 4.79 Å². The van der Waals surface area contributed by atoms with Gasteiger partial charge < -0.3 is 5.32 Å². The third kappa shape index (κ3) is 3.15. The van der Waals surface area contributed by atoms with E-state index in [1.54, 1.807) is 0 Å². The standard InChI is InChI=1S/C16H29N3O/c1-11(2)17-14-18-13(20)16(19-14)9-6-7-12(8-10-16)15(3,4)5/h11-12H,6-10H2,1-5H3,(H2,17,18,19,20). The maximum absolute atomic E-state index is 12.4. The molecule has 1 heterocycles. The molecule has 2 aliphatic rings. The first kappa shape index (κ1) is 15.3. The molecule has 1 saturated heterocycles. The summed E-state index contributed by atoms with van der Waals surface area (Å²) < 4.78 is 0. The van der Waals surface area contributed by atoms with Gasteiger partial charge in [0.1, 0.15) is 5.54 Å². The van der Waals surface area contributed by atoms with Crippen LogP contribution in [0.4, 0.5) is 0 Å². The van der Waals surface area contributed by atoms with Crippen molar-refractivity contribution in [3.8, 4) is 0 Å². The molecule has 1 saturated carbocycles. The number of carbonyl (C=O) groups excluding carboxylic acids is 1. The maximum atomic E-state index is 12.4. The van der Waals surface area contributed by atoms with Crippen molar-refractivity contribution >= 4 is 11.9 Å². The van der Waals surface area contributed by atoms with Gasteiger partial charge in [-0.15, -0.1) is 0 Å². The van der Waals surface area contributed by atoms with Gasteiger partial charge in [0.15, 0.2) is 5.96 Å². The molecule has 1 aliphatic carbocycles. The summed E-state index contributed by atoms with van der Waals surface area (Å²) in [6, 6.07) is 0.195. The van der Waals surface area contributed by atoms with Crippen molar-refractivity contribution < 1.29 is 4.79 Å². The van der Waals surface area contributed by atoms with E-state index in [-0.39, 0.29) is 11.9 Å². The molecule has 1 spiro atoms. The first-order valence-electron chi connectivity index (χ1n) is 7.90. The fourth-order valence-corrected chi connectivity index (χ4v) is 3.42. The van der Waals surface area contributed by atoms with Crippen LogP contribution in [-0.4, -0.2) is 23.4 Å².